The Bertz CT molecular complexity index is 368. The predicted molar refractivity (Wildman–Crippen MR) is 49.4 cm³/mol. The molecule has 0 amide bonds. The third-order valence-corrected chi connectivity index (χ3v) is 3.54. The Morgan fingerprint density at radius 2 is 2.31 bits per heavy atom. The Morgan fingerprint density at radius 3 is 2.77 bits per heavy atom. The van der Waals surface area contributed by atoms with Gasteiger partial charge in [-0.1, -0.05) is 0 Å². The summed E-state index contributed by atoms with van der Waals surface area (Å²) in [4.78, 5) is 14.0. The molecule has 0 aliphatic heterocycles. The summed E-state index contributed by atoms with van der Waals surface area (Å²) in [6.07, 6.45) is 9.03. The number of nitrogens with one attached hydrogen (secondary N) is 1. The second-order valence-corrected chi connectivity index (χ2v) is 4.53. The van der Waals surface area contributed by atoms with E-state index in [1.165, 1.54) is 25.7 Å². The molecule has 0 radical (unpaired) electrons. The molecule has 3 heteroatoms. The van der Waals surface area contributed by atoms with Crippen molar-refractivity contribution in [2.45, 2.75) is 32.2 Å². The van der Waals surface area contributed by atoms with Gasteiger partial charge in [-0.15, -0.1) is 0 Å². The molecule has 1 aromatic rings. The van der Waals surface area contributed by atoms with Crippen LogP contribution in [0.2, 0.25) is 0 Å². The lowest BCUT2D eigenvalue weighted by Gasteiger charge is -2.13. The summed E-state index contributed by atoms with van der Waals surface area (Å²) in [5, 5.41) is 0. The average Bonchev–Trinajstić information content (AvgIpc) is 2.97. The van der Waals surface area contributed by atoms with Gasteiger partial charge in [-0.25, -0.2) is 4.79 Å². The number of aromatic amines is 1. The molecule has 1 heterocycles. The molecule has 2 aliphatic carbocycles. The fourth-order valence-electron chi connectivity index (χ4n) is 2.36. The number of nitrogens with zero attached hydrogens (tertiary/aromatic N) is 1. The molecule has 2 aliphatic rings. The fraction of sp³-hybridized carbons (Fsp3) is 0.700. The van der Waals surface area contributed by atoms with E-state index in [9.17, 15) is 4.79 Å². The Labute approximate surface area is 76.8 Å². The quantitative estimate of drug-likeness (QED) is 0.745. The summed E-state index contributed by atoms with van der Waals surface area (Å²) in [7, 11) is 0. The van der Waals surface area contributed by atoms with E-state index in [2.05, 4.69) is 4.98 Å². The minimum Gasteiger partial charge on any atom is -0.313 e. The lowest BCUT2D eigenvalue weighted by Crippen LogP contribution is -2.23. The molecule has 3 nitrogen and oxygen atoms in total. The molecule has 1 N–H and O–H groups in total. The van der Waals surface area contributed by atoms with Gasteiger partial charge in [0.1, 0.15) is 0 Å². The zero-order chi connectivity index (χ0) is 8.89. The predicted octanol–water partition coefficient (Wildman–Crippen LogP) is 1.37. The molecule has 0 saturated heterocycles. The van der Waals surface area contributed by atoms with E-state index in [1.807, 2.05) is 10.8 Å². The van der Waals surface area contributed by atoms with Crippen molar-refractivity contribution in [2.75, 3.05) is 0 Å². The average molecular weight is 178 g/mol. The van der Waals surface area contributed by atoms with Crippen molar-refractivity contribution in [1.82, 2.24) is 9.55 Å². The van der Waals surface area contributed by atoms with Crippen molar-refractivity contribution in [1.29, 1.82) is 0 Å². The van der Waals surface area contributed by atoms with Gasteiger partial charge in [0.25, 0.3) is 0 Å². The van der Waals surface area contributed by atoms with E-state index < -0.39 is 0 Å². The second kappa shape index (κ2) is 2.28. The van der Waals surface area contributed by atoms with Crippen molar-refractivity contribution in [3.63, 3.8) is 0 Å². The summed E-state index contributed by atoms with van der Waals surface area (Å²) in [5.74, 6) is 0.925. The molecule has 1 aromatic heterocycles. The van der Waals surface area contributed by atoms with Crippen molar-refractivity contribution in [3.05, 3.63) is 22.9 Å². The summed E-state index contributed by atoms with van der Waals surface area (Å²) in [5.41, 5.74) is 0.568. The summed E-state index contributed by atoms with van der Waals surface area (Å²) < 4.78 is 1.82. The maximum atomic E-state index is 11.3. The van der Waals surface area contributed by atoms with Gasteiger partial charge in [0, 0.05) is 18.9 Å². The summed E-state index contributed by atoms with van der Waals surface area (Å²) >= 11 is 0. The first-order valence-electron chi connectivity index (χ1n) is 5.04. The third-order valence-electron chi connectivity index (χ3n) is 3.54. The first-order valence-corrected chi connectivity index (χ1v) is 5.04. The highest BCUT2D eigenvalue weighted by Crippen LogP contribution is 2.62. The first-order chi connectivity index (χ1) is 6.30. The van der Waals surface area contributed by atoms with Gasteiger partial charge in [0.15, 0.2) is 0 Å². The van der Waals surface area contributed by atoms with Crippen LogP contribution in [0.15, 0.2) is 17.2 Å². The maximum Gasteiger partial charge on any atom is 0.325 e. The van der Waals surface area contributed by atoms with Gasteiger partial charge in [-0.2, -0.15) is 0 Å². The molecule has 2 fully saturated rings. The molecule has 0 bridgehead atoms. The number of hydrogen-bond acceptors (Lipinski definition) is 1. The van der Waals surface area contributed by atoms with Crippen LogP contribution in [0.3, 0.4) is 0 Å². The van der Waals surface area contributed by atoms with Crippen LogP contribution in [0.4, 0.5) is 0 Å². The van der Waals surface area contributed by atoms with Crippen molar-refractivity contribution in [3.8, 4) is 0 Å². The van der Waals surface area contributed by atoms with Gasteiger partial charge in [0.2, 0.25) is 0 Å². The minimum atomic E-state index is 0.0481. The van der Waals surface area contributed by atoms with Crippen LogP contribution < -0.4 is 5.69 Å². The highest BCUT2D eigenvalue weighted by atomic mass is 16.1. The van der Waals surface area contributed by atoms with E-state index >= 15 is 0 Å². The molecule has 0 aromatic carbocycles. The van der Waals surface area contributed by atoms with E-state index in [-0.39, 0.29) is 5.69 Å². The molecule has 13 heavy (non-hydrogen) atoms. The zero-order valence-corrected chi connectivity index (χ0v) is 7.62. The number of hydrogen-bond donors (Lipinski definition) is 1. The number of aromatic nitrogens is 2. The van der Waals surface area contributed by atoms with Crippen LogP contribution >= 0.6 is 0 Å². The van der Waals surface area contributed by atoms with Crippen LogP contribution in [-0.2, 0) is 6.54 Å². The third kappa shape index (κ3) is 1.14. The van der Waals surface area contributed by atoms with E-state index in [0.717, 1.165) is 12.5 Å². The Hall–Kier alpha value is -0.990. The number of rotatable bonds is 3. The van der Waals surface area contributed by atoms with Crippen LogP contribution in [0, 0.1) is 11.3 Å². The lowest BCUT2D eigenvalue weighted by molar-refractivity contribution is 0.365. The van der Waals surface area contributed by atoms with Gasteiger partial charge < -0.3 is 4.98 Å². The van der Waals surface area contributed by atoms with Gasteiger partial charge in [0.05, 0.1) is 0 Å². The first kappa shape index (κ1) is 7.42. The number of imidazole rings is 1. The molecule has 3 rings (SSSR count). The maximum absolute atomic E-state index is 11.3. The SMILES string of the molecule is O=c1[nH]ccn1CC1(C2CC2)CC1. The fourth-order valence-corrected chi connectivity index (χ4v) is 2.36. The van der Waals surface area contributed by atoms with Crippen LogP contribution in [0.5, 0.6) is 0 Å². The Kier molecular flexibility index (Phi) is 1.30. The highest BCUT2D eigenvalue weighted by Gasteiger charge is 2.53. The Balaban J connectivity index is 1.82. The second-order valence-electron chi connectivity index (χ2n) is 4.53. The van der Waals surface area contributed by atoms with Crippen molar-refractivity contribution >= 4 is 0 Å². The summed E-state index contributed by atoms with van der Waals surface area (Å²) in [6, 6.07) is 0. The Morgan fingerprint density at radius 1 is 1.54 bits per heavy atom. The molecule has 0 atom stereocenters. The topological polar surface area (TPSA) is 37.8 Å². The van der Waals surface area contributed by atoms with E-state index in [1.54, 1.807) is 6.20 Å². The molecular formula is C10H14N2O. The standard InChI is InChI=1S/C10H14N2O/c13-9-11-5-6-12(9)7-10(3-4-10)8-1-2-8/h5-6,8H,1-4,7H2,(H,11,13). The van der Waals surface area contributed by atoms with E-state index in [0.29, 0.717) is 5.41 Å². The summed E-state index contributed by atoms with van der Waals surface area (Å²) in [6.45, 7) is 0.944. The van der Waals surface area contributed by atoms with Crippen LogP contribution in [-0.4, -0.2) is 9.55 Å². The molecular weight excluding hydrogens is 164 g/mol. The van der Waals surface area contributed by atoms with Crippen molar-refractivity contribution < 1.29 is 0 Å². The number of H-pyrrole nitrogens is 1. The molecule has 0 unspecified atom stereocenters. The monoisotopic (exact) mass is 178 g/mol. The smallest absolute Gasteiger partial charge is 0.313 e. The molecule has 0 spiro atoms. The van der Waals surface area contributed by atoms with Gasteiger partial charge in [-0.3, -0.25) is 4.57 Å². The van der Waals surface area contributed by atoms with E-state index in [4.69, 9.17) is 0 Å². The largest absolute Gasteiger partial charge is 0.325 e. The highest BCUT2D eigenvalue weighted by molar-refractivity contribution is 5.04. The van der Waals surface area contributed by atoms with Crippen molar-refractivity contribution in [2.24, 2.45) is 11.3 Å². The van der Waals surface area contributed by atoms with Gasteiger partial charge in [-0.05, 0) is 37.0 Å². The van der Waals surface area contributed by atoms with Gasteiger partial charge >= 0.3 is 5.69 Å². The normalized spacial score (nSPS) is 24.6. The minimum absolute atomic E-state index is 0.0481. The van der Waals surface area contributed by atoms with Crippen LogP contribution in [0.1, 0.15) is 25.7 Å². The molecule has 2 saturated carbocycles. The van der Waals surface area contributed by atoms with Crippen LogP contribution in [0.25, 0.3) is 0 Å². The molecule has 70 valence electrons. The zero-order valence-electron chi connectivity index (χ0n) is 7.62. The lowest BCUT2D eigenvalue weighted by atomic mass is 10.0.